The normalized spacial score (nSPS) is 10.5. The molecule has 3 rings (SSSR count). The van der Waals surface area contributed by atoms with E-state index in [1.54, 1.807) is 42.5 Å². The van der Waals surface area contributed by atoms with Crippen molar-refractivity contribution in [3.8, 4) is 11.1 Å². The lowest BCUT2D eigenvalue weighted by Gasteiger charge is -2.10. The van der Waals surface area contributed by atoms with E-state index in [0.29, 0.717) is 28.4 Å². The standard InChI is InChI=1S/C17H11NO3/c19-11-15-14-9-5-4-8-13(14)10-16(18(20)21)17(15)12-6-2-1-3-7-12/h1-11H. The third kappa shape index (κ3) is 2.17. The Balaban J connectivity index is 2.48. The van der Waals surface area contributed by atoms with E-state index in [1.165, 1.54) is 6.07 Å². The Kier molecular flexibility index (Phi) is 3.20. The fourth-order valence-electron chi connectivity index (χ4n) is 2.53. The zero-order chi connectivity index (χ0) is 14.8. The van der Waals surface area contributed by atoms with Crippen molar-refractivity contribution in [3.05, 3.63) is 76.3 Å². The Labute approximate surface area is 120 Å². The molecular formula is C17H11NO3. The SMILES string of the molecule is O=Cc1c(-c2ccccc2)c([N+](=O)[O-])cc2ccccc12. The summed E-state index contributed by atoms with van der Waals surface area (Å²) in [6.07, 6.45) is 0.692. The molecule has 0 unspecified atom stereocenters. The molecule has 0 spiro atoms. The van der Waals surface area contributed by atoms with Crippen LogP contribution < -0.4 is 0 Å². The lowest BCUT2D eigenvalue weighted by Crippen LogP contribution is -1.98. The molecule has 0 aliphatic carbocycles. The van der Waals surface area contributed by atoms with Crippen LogP contribution in [0, 0.1) is 10.1 Å². The molecule has 3 aromatic carbocycles. The molecule has 102 valence electrons. The Bertz CT molecular complexity index is 841. The lowest BCUT2D eigenvalue weighted by atomic mass is 9.93. The van der Waals surface area contributed by atoms with Crippen LogP contribution in [0.25, 0.3) is 21.9 Å². The third-order valence-corrected chi connectivity index (χ3v) is 3.45. The summed E-state index contributed by atoms with van der Waals surface area (Å²) in [5, 5.41) is 12.8. The molecular weight excluding hydrogens is 266 g/mol. The number of hydrogen-bond donors (Lipinski definition) is 0. The van der Waals surface area contributed by atoms with Gasteiger partial charge in [-0.1, -0.05) is 54.6 Å². The van der Waals surface area contributed by atoms with Crippen LogP contribution >= 0.6 is 0 Å². The second-order valence-electron chi connectivity index (χ2n) is 4.65. The van der Waals surface area contributed by atoms with Crippen molar-refractivity contribution in [2.45, 2.75) is 0 Å². The lowest BCUT2D eigenvalue weighted by molar-refractivity contribution is -0.384. The van der Waals surface area contributed by atoms with Gasteiger partial charge in [-0.2, -0.15) is 0 Å². The Hall–Kier alpha value is -3.01. The molecule has 4 nitrogen and oxygen atoms in total. The fourth-order valence-corrected chi connectivity index (χ4v) is 2.53. The summed E-state index contributed by atoms with van der Waals surface area (Å²) in [6, 6.07) is 17.7. The number of nitro benzene ring substituents is 1. The average Bonchev–Trinajstić information content (AvgIpc) is 2.53. The van der Waals surface area contributed by atoms with Crippen molar-refractivity contribution in [1.82, 2.24) is 0 Å². The van der Waals surface area contributed by atoms with Crippen molar-refractivity contribution < 1.29 is 9.72 Å². The van der Waals surface area contributed by atoms with Gasteiger partial charge in [0.2, 0.25) is 0 Å². The quantitative estimate of drug-likeness (QED) is 0.409. The molecule has 0 aliphatic heterocycles. The average molecular weight is 277 g/mol. The summed E-state index contributed by atoms with van der Waals surface area (Å²) in [6.45, 7) is 0. The van der Waals surface area contributed by atoms with Crippen molar-refractivity contribution in [1.29, 1.82) is 0 Å². The van der Waals surface area contributed by atoms with Crippen LogP contribution in [0.5, 0.6) is 0 Å². The summed E-state index contributed by atoms with van der Waals surface area (Å²) >= 11 is 0. The minimum absolute atomic E-state index is 0.0537. The first kappa shape index (κ1) is 13.0. The largest absolute Gasteiger partial charge is 0.298 e. The summed E-state index contributed by atoms with van der Waals surface area (Å²) in [5.41, 5.74) is 1.33. The van der Waals surface area contributed by atoms with Crippen LogP contribution in [0.15, 0.2) is 60.7 Å². The van der Waals surface area contributed by atoms with E-state index in [2.05, 4.69) is 0 Å². The molecule has 0 amide bonds. The van der Waals surface area contributed by atoms with E-state index in [4.69, 9.17) is 0 Å². The van der Waals surface area contributed by atoms with Gasteiger partial charge < -0.3 is 0 Å². The third-order valence-electron chi connectivity index (χ3n) is 3.45. The van der Waals surface area contributed by atoms with Gasteiger partial charge in [0.25, 0.3) is 5.69 Å². The molecule has 0 saturated carbocycles. The minimum Gasteiger partial charge on any atom is -0.298 e. The molecule has 0 radical (unpaired) electrons. The number of nitrogens with zero attached hydrogens (tertiary/aromatic N) is 1. The van der Waals surface area contributed by atoms with Crippen molar-refractivity contribution >= 4 is 22.7 Å². The highest BCUT2D eigenvalue weighted by Gasteiger charge is 2.21. The van der Waals surface area contributed by atoms with Crippen LogP contribution in [0.3, 0.4) is 0 Å². The summed E-state index contributed by atoms with van der Waals surface area (Å²) in [5.74, 6) is 0. The maximum Gasteiger partial charge on any atom is 0.278 e. The molecule has 0 aliphatic rings. The van der Waals surface area contributed by atoms with Gasteiger partial charge in [0.15, 0.2) is 6.29 Å². The predicted molar refractivity (Wildman–Crippen MR) is 81.4 cm³/mol. The van der Waals surface area contributed by atoms with Gasteiger partial charge in [-0.3, -0.25) is 14.9 Å². The molecule has 0 fully saturated rings. The van der Waals surface area contributed by atoms with Crippen molar-refractivity contribution in [2.24, 2.45) is 0 Å². The minimum atomic E-state index is -0.443. The van der Waals surface area contributed by atoms with Crippen LogP contribution in [-0.4, -0.2) is 11.2 Å². The van der Waals surface area contributed by atoms with Gasteiger partial charge in [0.05, 0.1) is 10.5 Å². The van der Waals surface area contributed by atoms with Crippen LogP contribution in [0.1, 0.15) is 10.4 Å². The molecule has 3 aromatic rings. The van der Waals surface area contributed by atoms with Gasteiger partial charge in [0, 0.05) is 11.6 Å². The van der Waals surface area contributed by atoms with E-state index in [0.717, 1.165) is 5.39 Å². The van der Waals surface area contributed by atoms with E-state index in [1.807, 2.05) is 12.1 Å². The van der Waals surface area contributed by atoms with Gasteiger partial charge in [0.1, 0.15) is 0 Å². The predicted octanol–water partition coefficient (Wildman–Crippen LogP) is 4.23. The number of fused-ring (bicyclic) bond motifs is 1. The summed E-state index contributed by atoms with van der Waals surface area (Å²) in [7, 11) is 0. The topological polar surface area (TPSA) is 60.2 Å². The van der Waals surface area contributed by atoms with Gasteiger partial charge in [-0.25, -0.2) is 0 Å². The smallest absolute Gasteiger partial charge is 0.278 e. The maximum absolute atomic E-state index is 11.6. The van der Waals surface area contributed by atoms with Crippen LogP contribution in [0.4, 0.5) is 5.69 Å². The highest BCUT2D eigenvalue weighted by molar-refractivity contribution is 6.07. The number of aldehydes is 1. The van der Waals surface area contributed by atoms with E-state index in [9.17, 15) is 14.9 Å². The van der Waals surface area contributed by atoms with E-state index in [-0.39, 0.29) is 5.69 Å². The number of carbonyl (C=O) groups is 1. The van der Waals surface area contributed by atoms with Gasteiger partial charge in [-0.15, -0.1) is 0 Å². The molecule has 0 saturated heterocycles. The zero-order valence-electron chi connectivity index (χ0n) is 11.0. The van der Waals surface area contributed by atoms with Crippen molar-refractivity contribution in [3.63, 3.8) is 0 Å². The molecule has 21 heavy (non-hydrogen) atoms. The number of carbonyl (C=O) groups excluding carboxylic acids is 1. The molecule has 0 bridgehead atoms. The Morgan fingerprint density at radius 3 is 2.29 bits per heavy atom. The molecule has 4 heteroatoms. The summed E-state index contributed by atoms with van der Waals surface area (Å²) < 4.78 is 0. The number of rotatable bonds is 3. The van der Waals surface area contributed by atoms with Gasteiger partial charge >= 0.3 is 0 Å². The first-order valence-electron chi connectivity index (χ1n) is 6.43. The monoisotopic (exact) mass is 277 g/mol. The van der Waals surface area contributed by atoms with E-state index >= 15 is 0 Å². The molecule has 0 atom stereocenters. The molecule has 0 aromatic heterocycles. The molecule has 0 heterocycles. The fraction of sp³-hybridized carbons (Fsp3) is 0. The highest BCUT2D eigenvalue weighted by atomic mass is 16.6. The summed E-state index contributed by atoms with van der Waals surface area (Å²) in [4.78, 5) is 22.5. The van der Waals surface area contributed by atoms with E-state index < -0.39 is 4.92 Å². The number of benzene rings is 3. The number of nitro groups is 1. The van der Waals surface area contributed by atoms with Crippen molar-refractivity contribution in [2.75, 3.05) is 0 Å². The first-order chi connectivity index (χ1) is 10.2. The number of hydrogen-bond acceptors (Lipinski definition) is 3. The molecule has 0 N–H and O–H groups in total. The second kappa shape index (κ2) is 5.17. The van der Waals surface area contributed by atoms with Crippen LogP contribution in [0.2, 0.25) is 0 Å². The first-order valence-corrected chi connectivity index (χ1v) is 6.43. The van der Waals surface area contributed by atoms with Crippen LogP contribution in [-0.2, 0) is 0 Å². The highest BCUT2D eigenvalue weighted by Crippen LogP contribution is 2.37. The Morgan fingerprint density at radius 2 is 1.62 bits per heavy atom. The Morgan fingerprint density at radius 1 is 0.952 bits per heavy atom. The second-order valence-corrected chi connectivity index (χ2v) is 4.65. The zero-order valence-corrected chi connectivity index (χ0v) is 11.0. The van der Waals surface area contributed by atoms with Gasteiger partial charge in [-0.05, 0) is 16.3 Å². The maximum atomic E-state index is 11.6.